The molecule has 1 aliphatic rings. The maximum atomic E-state index is 12.5. The van der Waals surface area contributed by atoms with Gasteiger partial charge >= 0.3 is 0 Å². The number of nitrogens with two attached hydrogens (primary N) is 1. The molecule has 2 aromatic rings. The van der Waals surface area contributed by atoms with Gasteiger partial charge in [0.15, 0.2) is 0 Å². The standard InChI is InChI=1S/C15H17N5O/c16-15-18-8-5-13(19-15)12-2-1-9-20(10-12)14(21)11-3-6-17-7-4-11/h3-8,12H,1-2,9-10H2,(H2,16,18,19). The Labute approximate surface area is 123 Å². The minimum Gasteiger partial charge on any atom is -0.368 e. The van der Waals surface area contributed by atoms with Crippen LogP contribution in [0.25, 0.3) is 0 Å². The molecule has 0 bridgehead atoms. The zero-order valence-electron chi connectivity index (χ0n) is 11.6. The van der Waals surface area contributed by atoms with Crippen molar-refractivity contribution in [3.8, 4) is 0 Å². The van der Waals surface area contributed by atoms with Gasteiger partial charge < -0.3 is 10.6 Å². The van der Waals surface area contributed by atoms with E-state index in [1.807, 2.05) is 11.0 Å². The number of carbonyl (C=O) groups excluding carboxylic acids is 1. The zero-order valence-corrected chi connectivity index (χ0v) is 11.6. The minimum atomic E-state index is 0.0455. The van der Waals surface area contributed by atoms with E-state index in [1.165, 1.54) is 0 Å². The van der Waals surface area contributed by atoms with Crippen molar-refractivity contribution >= 4 is 11.9 Å². The first-order valence-corrected chi connectivity index (χ1v) is 7.02. The molecule has 0 radical (unpaired) electrons. The molecule has 1 atom stereocenters. The van der Waals surface area contributed by atoms with Crippen LogP contribution in [0, 0.1) is 0 Å². The van der Waals surface area contributed by atoms with Crippen molar-refractivity contribution in [3.63, 3.8) is 0 Å². The van der Waals surface area contributed by atoms with E-state index in [1.54, 1.807) is 30.7 Å². The lowest BCUT2D eigenvalue weighted by molar-refractivity contribution is 0.0706. The summed E-state index contributed by atoms with van der Waals surface area (Å²) in [4.78, 5) is 26.5. The Hall–Kier alpha value is -2.50. The van der Waals surface area contributed by atoms with Gasteiger partial charge in [-0.25, -0.2) is 9.97 Å². The normalized spacial score (nSPS) is 18.5. The summed E-state index contributed by atoms with van der Waals surface area (Å²) in [6.07, 6.45) is 6.92. The van der Waals surface area contributed by atoms with E-state index in [9.17, 15) is 4.79 Å². The summed E-state index contributed by atoms with van der Waals surface area (Å²) in [5.41, 5.74) is 7.23. The highest BCUT2D eigenvalue weighted by Gasteiger charge is 2.26. The molecule has 2 N–H and O–H groups in total. The Bertz CT molecular complexity index is 631. The van der Waals surface area contributed by atoms with Crippen molar-refractivity contribution in [2.75, 3.05) is 18.8 Å². The monoisotopic (exact) mass is 283 g/mol. The molecule has 0 aliphatic carbocycles. The van der Waals surface area contributed by atoms with Crippen LogP contribution in [0.1, 0.15) is 34.8 Å². The first kappa shape index (κ1) is 13.5. The fraction of sp³-hybridized carbons (Fsp3) is 0.333. The van der Waals surface area contributed by atoms with Crippen LogP contribution in [0.5, 0.6) is 0 Å². The van der Waals surface area contributed by atoms with E-state index in [0.717, 1.165) is 25.1 Å². The van der Waals surface area contributed by atoms with Gasteiger partial charge in [0.2, 0.25) is 5.95 Å². The summed E-state index contributed by atoms with van der Waals surface area (Å²) in [7, 11) is 0. The molecule has 1 fully saturated rings. The third-order valence-corrected chi connectivity index (χ3v) is 3.75. The molecule has 6 heteroatoms. The number of anilines is 1. The van der Waals surface area contributed by atoms with Crippen molar-refractivity contribution in [2.45, 2.75) is 18.8 Å². The number of rotatable bonds is 2. The third kappa shape index (κ3) is 2.99. The van der Waals surface area contributed by atoms with Gasteiger partial charge in [0, 0.05) is 43.2 Å². The molecule has 6 nitrogen and oxygen atoms in total. The zero-order chi connectivity index (χ0) is 14.7. The second-order valence-electron chi connectivity index (χ2n) is 5.17. The van der Waals surface area contributed by atoms with Crippen LogP contribution in [0.4, 0.5) is 5.95 Å². The van der Waals surface area contributed by atoms with Gasteiger partial charge in [-0.3, -0.25) is 9.78 Å². The molecule has 1 amide bonds. The number of likely N-dealkylation sites (tertiary alicyclic amines) is 1. The molecule has 3 rings (SSSR count). The molecular formula is C15H17N5O. The second kappa shape index (κ2) is 5.87. The summed E-state index contributed by atoms with van der Waals surface area (Å²) in [5, 5.41) is 0. The molecule has 108 valence electrons. The molecular weight excluding hydrogens is 266 g/mol. The molecule has 0 saturated carbocycles. The average molecular weight is 283 g/mol. The van der Waals surface area contributed by atoms with Gasteiger partial charge in [0.25, 0.3) is 5.91 Å². The lowest BCUT2D eigenvalue weighted by Gasteiger charge is -2.32. The Morgan fingerprint density at radius 3 is 2.81 bits per heavy atom. The maximum absolute atomic E-state index is 12.5. The van der Waals surface area contributed by atoms with Crippen molar-refractivity contribution in [3.05, 3.63) is 48.0 Å². The molecule has 2 aromatic heterocycles. The lowest BCUT2D eigenvalue weighted by Crippen LogP contribution is -2.39. The first-order valence-electron chi connectivity index (χ1n) is 7.02. The average Bonchev–Trinajstić information content (AvgIpc) is 2.55. The summed E-state index contributed by atoms with van der Waals surface area (Å²) in [6, 6.07) is 5.37. The fourth-order valence-corrected chi connectivity index (χ4v) is 2.70. The van der Waals surface area contributed by atoms with Crippen molar-refractivity contribution in [1.29, 1.82) is 0 Å². The predicted octanol–water partition coefficient (Wildman–Crippen LogP) is 1.47. The van der Waals surface area contributed by atoms with Gasteiger partial charge in [0.05, 0.1) is 5.69 Å². The van der Waals surface area contributed by atoms with Gasteiger partial charge in [-0.2, -0.15) is 0 Å². The number of nitrogens with zero attached hydrogens (tertiary/aromatic N) is 4. The van der Waals surface area contributed by atoms with Crippen LogP contribution in [0.3, 0.4) is 0 Å². The highest BCUT2D eigenvalue weighted by molar-refractivity contribution is 5.94. The SMILES string of the molecule is Nc1nccc(C2CCCN(C(=O)c3ccncc3)C2)n1. The van der Waals surface area contributed by atoms with Gasteiger partial charge in [0.1, 0.15) is 0 Å². The van der Waals surface area contributed by atoms with Gasteiger partial charge in [-0.1, -0.05) is 0 Å². The number of aromatic nitrogens is 3. The maximum Gasteiger partial charge on any atom is 0.253 e. The number of hydrogen-bond donors (Lipinski definition) is 1. The largest absolute Gasteiger partial charge is 0.368 e. The third-order valence-electron chi connectivity index (χ3n) is 3.75. The topological polar surface area (TPSA) is 85.0 Å². The van der Waals surface area contributed by atoms with Crippen molar-refractivity contribution in [2.24, 2.45) is 0 Å². The van der Waals surface area contributed by atoms with Crippen molar-refractivity contribution < 1.29 is 4.79 Å². The molecule has 3 heterocycles. The number of hydrogen-bond acceptors (Lipinski definition) is 5. The highest BCUT2D eigenvalue weighted by atomic mass is 16.2. The summed E-state index contributed by atoms with van der Waals surface area (Å²) in [6.45, 7) is 1.44. The molecule has 21 heavy (non-hydrogen) atoms. The van der Waals surface area contributed by atoms with Crippen LogP contribution >= 0.6 is 0 Å². The Morgan fingerprint density at radius 2 is 2.05 bits per heavy atom. The van der Waals surface area contributed by atoms with Crippen molar-refractivity contribution in [1.82, 2.24) is 19.9 Å². The Morgan fingerprint density at radius 1 is 1.24 bits per heavy atom. The number of nitrogen functional groups attached to an aromatic ring is 1. The van der Waals surface area contributed by atoms with E-state index in [0.29, 0.717) is 12.1 Å². The van der Waals surface area contributed by atoms with E-state index < -0.39 is 0 Å². The quantitative estimate of drug-likeness (QED) is 0.902. The minimum absolute atomic E-state index is 0.0455. The molecule has 1 unspecified atom stereocenters. The highest BCUT2D eigenvalue weighted by Crippen LogP contribution is 2.26. The Kier molecular flexibility index (Phi) is 3.77. The predicted molar refractivity (Wildman–Crippen MR) is 78.6 cm³/mol. The second-order valence-corrected chi connectivity index (χ2v) is 5.17. The van der Waals surface area contributed by atoms with Gasteiger partial charge in [-0.05, 0) is 31.0 Å². The number of carbonyl (C=O) groups is 1. The van der Waals surface area contributed by atoms with E-state index in [4.69, 9.17) is 5.73 Å². The number of amides is 1. The molecule has 1 saturated heterocycles. The number of pyridine rings is 1. The van der Waals surface area contributed by atoms with E-state index in [2.05, 4.69) is 15.0 Å². The van der Waals surface area contributed by atoms with Crippen LogP contribution in [-0.4, -0.2) is 38.8 Å². The van der Waals surface area contributed by atoms with Crippen LogP contribution < -0.4 is 5.73 Å². The van der Waals surface area contributed by atoms with E-state index >= 15 is 0 Å². The van der Waals surface area contributed by atoms with Gasteiger partial charge in [-0.15, -0.1) is 0 Å². The first-order chi connectivity index (χ1) is 10.2. The summed E-state index contributed by atoms with van der Waals surface area (Å²) >= 11 is 0. The smallest absolute Gasteiger partial charge is 0.253 e. The lowest BCUT2D eigenvalue weighted by atomic mass is 9.94. The summed E-state index contributed by atoms with van der Waals surface area (Å²) in [5.74, 6) is 0.545. The van der Waals surface area contributed by atoms with Crippen LogP contribution in [0.2, 0.25) is 0 Å². The molecule has 1 aliphatic heterocycles. The fourth-order valence-electron chi connectivity index (χ4n) is 2.70. The van der Waals surface area contributed by atoms with E-state index in [-0.39, 0.29) is 17.8 Å². The molecule has 0 aromatic carbocycles. The van der Waals surface area contributed by atoms with Crippen LogP contribution in [0.15, 0.2) is 36.8 Å². The summed E-state index contributed by atoms with van der Waals surface area (Å²) < 4.78 is 0. The number of piperidine rings is 1. The molecule has 0 spiro atoms. The van der Waals surface area contributed by atoms with Crippen LogP contribution in [-0.2, 0) is 0 Å². The Balaban J connectivity index is 1.75.